The molecule has 0 bridgehead atoms. The number of hydrogen-bond donors (Lipinski definition) is 0. The van der Waals surface area contributed by atoms with Gasteiger partial charge in [0.05, 0.1) is 0 Å². The van der Waals surface area contributed by atoms with Crippen molar-refractivity contribution in [1.82, 2.24) is 0 Å². The van der Waals surface area contributed by atoms with E-state index in [1.807, 2.05) is 12.1 Å². The van der Waals surface area contributed by atoms with E-state index in [4.69, 9.17) is 49.4 Å². The van der Waals surface area contributed by atoms with Crippen molar-refractivity contribution in [3.05, 3.63) is 60.7 Å². The number of hydrogen-bond acceptors (Lipinski definition) is 12. The normalized spacial score (nSPS) is 14.6. The van der Waals surface area contributed by atoms with Crippen LogP contribution in [0, 0.1) is 0 Å². The minimum Gasteiger partial charge on any atom is -0.437 e. The Hall–Kier alpha value is 1.43. The molecule has 0 aliphatic heterocycles. The van der Waals surface area contributed by atoms with Crippen LogP contribution < -0.4 is 10.4 Å². The van der Waals surface area contributed by atoms with Gasteiger partial charge in [0.15, 0.2) is 66.5 Å². The topological polar surface area (TPSA) is 111 Å². The van der Waals surface area contributed by atoms with E-state index in [1.54, 1.807) is 0 Å². The zero-order valence-corrected chi connectivity index (χ0v) is 73.7. The fourth-order valence-electron chi connectivity index (χ4n) is 9.60. The van der Waals surface area contributed by atoms with Gasteiger partial charge < -0.3 is 49.4 Å². The summed E-state index contributed by atoms with van der Waals surface area (Å²) in [5.41, 5.74) is 0. The van der Waals surface area contributed by atoms with E-state index in [2.05, 4.69) is 297 Å². The van der Waals surface area contributed by atoms with Crippen molar-refractivity contribution in [2.75, 3.05) is 0 Å². The minimum atomic E-state index is -3.00. The Morgan fingerprint density at radius 2 is 0.308 bits per heavy atom. The average molecular weight is 1370 g/mol. The summed E-state index contributed by atoms with van der Waals surface area (Å²) < 4.78 is 77.0. The van der Waals surface area contributed by atoms with Gasteiger partial charge in [0.25, 0.3) is 0 Å². The van der Waals surface area contributed by atoms with Gasteiger partial charge in [0.2, 0.25) is 0 Å². The molecule has 0 aliphatic carbocycles. The highest BCUT2D eigenvalue weighted by Gasteiger charge is 2.52. The van der Waals surface area contributed by atoms with Crippen molar-refractivity contribution in [3.8, 4) is 0 Å². The van der Waals surface area contributed by atoms with Crippen LogP contribution in [0.15, 0.2) is 60.7 Å². The van der Waals surface area contributed by atoms with Crippen LogP contribution >= 0.6 is 0 Å². The summed E-state index contributed by atoms with van der Waals surface area (Å²) in [6.07, 6.45) is 0. The minimum absolute atomic E-state index is 1.12. The third-order valence-corrected chi connectivity index (χ3v) is 60.1. The molecule has 0 aromatic heterocycles. The first kappa shape index (κ1) is 81.5. The molecule has 0 unspecified atom stereocenters. The molecule has 2 rings (SSSR count). The molecule has 0 saturated heterocycles. The molecule has 78 heavy (non-hydrogen) atoms. The Morgan fingerprint density at radius 1 is 0.167 bits per heavy atom. The lowest BCUT2D eigenvalue weighted by Gasteiger charge is -2.44. The Kier molecular flexibility index (Phi) is 31.2. The first-order chi connectivity index (χ1) is 33.7. The van der Waals surface area contributed by atoms with Crippen molar-refractivity contribution in [2.24, 2.45) is 0 Å². The van der Waals surface area contributed by atoms with Crippen molar-refractivity contribution in [2.45, 2.75) is 249 Å². The van der Waals surface area contributed by atoms with Gasteiger partial charge in [0, 0.05) is 0 Å². The van der Waals surface area contributed by atoms with Crippen LogP contribution in [-0.2, 0) is 49.4 Å². The second-order valence-corrected chi connectivity index (χ2v) is 96.9. The number of rotatable bonds is 26. The lowest BCUT2D eigenvalue weighted by molar-refractivity contribution is 0.306. The van der Waals surface area contributed by atoms with Gasteiger partial charge in [0.1, 0.15) is 0 Å². The van der Waals surface area contributed by atoms with Crippen molar-refractivity contribution in [3.63, 3.8) is 0 Å². The van der Waals surface area contributed by atoms with E-state index >= 15 is 0 Å². The molecular formula is C50H124O12Si16. The second kappa shape index (κ2) is 29.9. The molecule has 0 fully saturated rings. The number of benzene rings is 2. The fraction of sp³-hybridized carbons (Fsp3) is 0.760. The van der Waals surface area contributed by atoms with E-state index in [1.165, 1.54) is 0 Å². The van der Waals surface area contributed by atoms with Crippen LogP contribution in [0.2, 0.25) is 249 Å². The van der Waals surface area contributed by atoms with Gasteiger partial charge in [-0.15, -0.1) is 0 Å². The molecule has 0 heterocycles. The Bertz CT molecular complexity index is 1870. The van der Waals surface area contributed by atoms with Crippen molar-refractivity contribution >= 4 is 145 Å². The monoisotopic (exact) mass is 1360 g/mol. The third kappa shape index (κ3) is 44.0. The van der Waals surface area contributed by atoms with Crippen molar-refractivity contribution in [1.29, 1.82) is 0 Å². The van der Waals surface area contributed by atoms with Gasteiger partial charge in [-0.05, 0) is 259 Å². The second-order valence-electron chi connectivity index (χ2n) is 31.3. The standard InChI is InChI=1S/C22H40O4Si5.2C10H30O3Si4.C8H24O2Si3/c1-27(2,3)23-29(7,8)25-30(9,10)26-31(24-28(4,5)6,21-17-13-11-14-18-21)22-19-15-12-16-20-22;2*1-14(2,3)11-16(7,8)13-17(9,10)12-15(4,5)6;1-11(2,3)9-13(7,8)10-12(4,5)6/h11-20H,1-10H3;2*1-10H3;1-8H3. The Labute approximate surface area is 500 Å². The molecule has 2 aromatic carbocycles. The molecule has 0 radical (unpaired) electrons. The smallest absolute Gasteiger partial charge is 0.388 e. The van der Waals surface area contributed by atoms with Crippen LogP contribution in [0.5, 0.6) is 0 Å². The molecule has 0 amide bonds. The predicted molar refractivity (Wildman–Crippen MR) is 380 cm³/mol. The average Bonchev–Trinajstić information content (AvgIpc) is 3.02. The van der Waals surface area contributed by atoms with Gasteiger partial charge in [-0.2, -0.15) is 0 Å². The van der Waals surface area contributed by atoms with Gasteiger partial charge in [-0.1, -0.05) is 60.7 Å². The van der Waals surface area contributed by atoms with E-state index in [-0.39, 0.29) is 0 Å². The first-order valence-corrected chi connectivity index (χ1v) is 77.0. The highest BCUT2D eigenvalue weighted by Crippen LogP contribution is 2.29. The van der Waals surface area contributed by atoms with Crippen LogP contribution in [0.1, 0.15) is 0 Å². The molecule has 460 valence electrons. The SMILES string of the molecule is C[Si](C)(C)O[Si](C)(C)O[Si](C)(C)C.C[Si](C)(C)O[Si](C)(C)O[Si](C)(C)O[Si](C)(C)C.C[Si](C)(C)O[Si](C)(C)O[Si](C)(C)O[Si](C)(C)C.C[Si](C)(C)O[Si](C)(C)O[Si](C)(C)O[Si](O[Si](C)(C)C)(c1ccccc1)c1ccccc1. The van der Waals surface area contributed by atoms with E-state index in [9.17, 15) is 0 Å². The molecule has 28 heteroatoms. The largest absolute Gasteiger partial charge is 0.437 e. The summed E-state index contributed by atoms with van der Waals surface area (Å²) in [7, 11) is -30.7. The van der Waals surface area contributed by atoms with Gasteiger partial charge >= 0.3 is 68.5 Å². The van der Waals surface area contributed by atoms with Crippen LogP contribution in [0.3, 0.4) is 0 Å². The molecule has 0 saturated carbocycles. The molecule has 0 aliphatic rings. The van der Waals surface area contributed by atoms with Gasteiger partial charge in [-0.25, -0.2) is 0 Å². The highest BCUT2D eigenvalue weighted by atomic mass is 28.5. The summed E-state index contributed by atoms with van der Waals surface area (Å²) in [5, 5.41) is 2.25. The van der Waals surface area contributed by atoms with E-state index in [0.29, 0.717) is 0 Å². The molecule has 0 spiro atoms. The summed E-state index contributed by atoms with van der Waals surface area (Å²) in [4.78, 5) is 0. The molecule has 0 atom stereocenters. The fourth-order valence-corrected chi connectivity index (χ4v) is 79.1. The lowest BCUT2D eigenvalue weighted by atomic mass is 10.4. The maximum absolute atomic E-state index is 7.16. The maximum Gasteiger partial charge on any atom is 0.388 e. The zero-order valence-electron chi connectivity index (χ0n) is 57.7. The summed E-state index contributed by atoms with van der Waals surface area (Å²) >= 11 is 0. The Balaban J connectivity index is 0. The van der Waals surface area contributed by atoms with Crippen LogP contribution in [-0.4, -0.2) is 135 Å². The molecule has 12 nitrogen and oxygen atoms in total. The summed E-state index contributed by atoms with van der Waals surface area (Å²) in [5.74, 6) is 0. The summed E-state index contributed by atoms with van der Waals surface area (Å²) in [6.45, 7) is 83.0. The predicted octanol–water partition coefficient (Wildman–Crippen LogP) is 17.0. The van der Waals surface area contributed by atoms with E-state index in [0.717, 1.165) is 10.4 Å². The van der Waals surface area contributed by atoms with Crippen LogP contribution in [0.25, 0.3) is 0 Å². The van der Waals surface area contributed by atoms with Crippen molar-refractivity contribution < 1.29 is 49.4 Å². The third-order valence-electron chi connectivity index (χ3n) is 8.49. The highest BCUT2D eigenvalue weighted by molar-refractivity contribution is 7.02. The quantitative estimate of drug-likeness (QED) is 0.0836. The van der Waals surface area contributed by atoms with Crippen LogP contribution in [0.4, 0.5) is 0 Å². The lowest BCUT2D eigenvalue weighted by Crippen LogP contribution is -2.71. The Morgan fingerprint density at radius 3 is 0.462 bits per heavy atom. The summed E-state index contributed by atoms with van der Waals surface area (Å²) in [6, 6.07) is 20.9. The molecule has 0 N–H and O–H groups in total. The van der Waals surface area contributed by atoms with E-state index < -0.39 is 135 Å². The maximum atomic E-state index is 7.16. The molecular weight excluding hydrogens is 1240 g/mol. The first-order valence-electron chi connectivity index (χ1n) is 28.2. The van der Waals surface area contributed by atoms with Gasteiger partial charge in [-0.3, -0.25) is 0 Å². The zero-order chi connectivity index (χ0) is 62.7. The molecule has 2 aromatic rings.